The van der Waals surface area contributed by atoms with Crippen LogP contribution in [-0.4, -0.2) is 0 Å². The molecule has 0 fully saturated rings. The summed E-state index contributed by atoms with van der Waals surface area (Å²) in [4.78, 5) is 0. The van der Waals surface area contributed by atoms with Crippen molar-refractivity contribution in [1.29, 1.82) is 0 Å². The number of rotatable bonds is 3. The van der Waals surface area contributed by atoms with E-state index in [1.165, 1.54) is 44.5 Å². The Balaban J connectivity index is 1.82. The lowest BCUT2D eigenvalue weighted by Gasteiger charge is -2.49. The molecule has 2 aliphatic rings. The van der Waals surface area contributed by atoms with Gasteiger partial charge in [-0.3, -0.25) is 0 Å². The van der Waals surface area contributed by atoms with Crippen LogP contribution in [-0.2, 0) is 10.8 Å². The fourth-order valence-electron chi connectivity index (χ4n) is 6.94. The zero-order valence-corrected chi connectivity index (χ0v) is 17.7. The highest BCUT2D eigenvalue weighted by atomic mass is 14.6. The zero-order chi connectivity index (χ0) is 20.3. The van der Waals surface area contributed by atoms with E-state index in [2.05, 4.69) is 111 Å². The highest BCUT2D eigenvalue weighted by molar-refractivity contribution is 5.88. The number of hydrogen-bond acceptors (Lipinski definition) is 0. The molecule has 6 rings (SSSR count). The summed E-state index contributed by atoms with van der Waals surface area (Å²) in [7, 11) is 0. The summed E-state index contributed by atoms with van der Waals surface area (Å²) < 4.78 is 0. The third kappa shape index (κ3) is 1.84. The molecule has 0 saturated heterocycles. The van der Waals surface area contributed by atoms with Gasteiger partial charge in [0.25, 0.3) is 0 Å². The largest absolute Gasteiger partial charge is 0.0642 e. The van der Waals surface area contributed by atoms with Crippen LogP contribution in [0.3, 0.4) is 0 Å². The molecule has 2 aliphatic carbocycles. The molecule has 0 heterocycles. The van der Waals surface area contributed by atoms with Gasteiger partial charge in [-0.1, -0.05) is 111 Å². The van der Waals surface area contributed by atoms with Gasteiger partial charge in [-0.2, -0.15) is 0 Å². The van der Waals surface area contributed by atoms with Gasteiger partial charge in [0.2, 0.25) is 0 Å². The first kappa shape index (κ1) is 17.7. The SMILES string of the molecule is CCC1(C2(CC)c3ccccc3-c3ccccc32)c2ccccc2-c2ccccc21. The van der Waals surface area contributed by atoms with E-state index in [0.29, 0.717) is 0 Å². The molecule has 146 valence electrons. The minimum atomic E-state index is -0.0857. The van der Waals surface area contributed by atoms with E-state index in [4.69, 9.17) is 0 Å². The first-order valence-corrected chi connectivity index (χ1v) is 11.2. The second-order valence-corrected chi connectivity index (χ2v) is 8.70. The Morgan fingerprint density at radius 3 is 0.867 bits per heavy atom. The predicted molar refractivity (Wildman–Crippen MR) is 126 cm³/mol. The topological polar surface area (TPSA) is 0 Å². The lowest BCUT2D eigenvalue weighted by atomic mass is 9.52. The summed E-state index contributed by atoms with van der Waals surface area (Å²) in [5.41, 5.74) is 11.4. The van der Waals surface area contributed by atoms with Crippen molar-refractivity contribution in [2.24, 2.45) is 0 Å². The van der Waals surface area contributed by atoms with Gasteiger partial charge in [0.05, 0.1) is 0 Å². The first-order valence-electron chi connectivity index (χ1n) is 11.2. The van der Waals surface area contributed by atoms with Crippen molar-refractivity contribution in [3.63, 3.8) is 0 Å². The second kappa shape index (κ2) is 6.19. The summed E-state index contributed by atoms with van der Waals surface area (Å²) in [5, 5.41) is 0. The number of fused-ring (bicyclic) bond motifs is 6. The van der Waals surface area contributed by atoms with E-state index in [9.17, 15) is 0 Å². The smallest absolute Gasteiger partial charge is 0.0350 e. The Kier molecular flexibility index (Phi) is 3.65. The molecule has 0 N–H and O–H groups in total. The lowest BCUT2D eigenvalue weighted by Crippen LogP contribution is -2.48. The maximum Gasteiger partial charge on any atom is 0.0350 e. The minimum Gasteiger partial charge on any atom is -0.0642 e. The summed E-state index contributed by atoms with van der Waals surface area (Å²) in [5.74, 6) is 0. The molecular formula is C30H26. The van der Waals surface area contributed by atoms with Crippen LogP contribution in [0.2, 0.25) is 0 Å². The lowest BCUT2D eigenvalue weighted by molar-refractivity contribution is 0.298. The van der Waals surface area contributed by atoms with Gasteiger partial charge in [0.15, 0.2) is 0 Å². The molecule has 0 spiro atoms. The average molecular weight is 387 g/mol. The fraction of sp³-hybridized carbons (Fsp3) is 0.200. The van der Waals surface area contributed by atoms with E-state index in [1.807, 2.05) is 0 Å². The second-order valence-electron chi connectivity index (χ2n) is 8.70. The van der Waals surface area contributed by atoms with Crippen LogP contribution in [0.5, 0.6) is 0 Å². The molecule has 0 unspecified atom stereocenters. The molecule has 0 amide bonds. The van der Waals surface area contributed by atoms with Crippen LogP contribution >= 0.6 is 0 Å². The maximum absolute atomic E-state index is 2.39. The normalized spacial score (nSPS) is 16.5. The van der Waals surface area contributed by atoms with Gasteiger partial charge in [-0.25, -0.2) is 0 Å². The summed E-state index contributed by atoms with van der Waals surface area (Å²) >= 11 is 0. The molecule has 0 radical (unpaired) electrons. The van der Waals surface area contributed by atoms with Gasteiger partial charge in [0, 0.05) is 10.8 Å². The van der Waals surface area contributed by atoms with Gasteiger partial charge >= 0.3 is 0 Å². The molecule has 4 aromatic carbocycles. The van der Waals surface area contributed by atoms with Crippen molar-refractivity contribution in [3.8, 4) is 22.3 Å². The van der Waals surface area contributed by atoms with Crippen molar-refractivity contribution in [1.82, 2.24) is 0 Å². The van der Waals surface area contributed by atoms with E-state index >= 15 is 0 Å². The standard InChI is InChI=1S/C30H26/c1-3-29(25-17-9-5-13-21(25)22-14-6-10-18-26(22)29)30(4-2)27-19-11-7-15-23(27)24-16-8-12-20-28(24)30/h5-20H,3-4H2,1-2H3. The maximum atomic E-state index is 2.39. The Hall–Kier alpha value is -3.12. The van der Waals surface area contributed by atoms with Gasteiger partial charge < -0.3 is 0 Å². The minimum absolute atomic E-state index is 0.0857. The highest BCUT2D eigenvalue weighted by Crippen LogP contribution is 2.67. The Bertz CT molecular complexity index is 1080. The Labute approximate surface area is 179 Å². The van der Waals surface area contributed by atoms with Crippen molar-refractivity contribution < 1.29 is 0 Å². The Morgan fingerprint density at radius 1 is 0.400 bits per heavy atom. The fourth-order valence-corrected chi connectivity index (χ4v) is 6.94. The van der Waals surface area contributed by atoms with Gasteiger partial charge in [0.1, 0.15) is 0 Å². The van der Waals surface area contributed by atoms with Crippen LogP contribution in [0.25, 0.3) is 22.3 Å². The molecule has 0 atom stereocenters. The molecular weight excluding hydrogens is 360 g/mol. The quantitative estimate of drug-likeness (QED) is 0.338. The molecule has 30 heavy (non-hydrogen) atoms. The first-order chi connectivity index (χ1) is 14.8. The third-order valence-corrected chi connectivity index (χ3v) is 7.92. The highest BCUT2D eigenvalue weighted by Gasteiger charge is 2.60. The van der Waals surface area contributed by atoms with E-state index in [-0.39, 0.29) is 10.8 Å². The molecule has 0 bridgehead atoms. The van der Waals surface area contributed by atoms with E-state index in [1.54, 1.807) is 0 Å². The molecule has 0 aromatic heterocycles. The monoisotopic (exact) mass is 386 g/mol. The third-order valence-electron chi connectivity index (χ3n) is 7.92. The number of benzene rings is 4. The average Bonchev–Trinajstić information content (AvgIpc) is 3.28. The molecule has 0 saturated carbocycles. The Morgan fingerprint density at radius 2 is 0.633 bits per heavy atom. The molecule has 0 heteroatoms. The predicted octanol–water partition coefficient (Wildman–Crippen LogP) is 7.74. The summed E-state index contributed by atoms with van der Waals surface area (Å²) in [6, 6.07) is 36.5. The van der Waals surface area contributed by atoms with E-state index in [0.717, 1.165) is 12.8 Å². The van der Waals surface area contributed by atoms with Crippen molar-refractivity contribution in [2.45, 2.75) is 37.5 Å². The van der Waals surface area contributed by atoms with Crippen LogP contribution in [0, 0.1) is 0 Å². The van der Waals surface area contributed by atoms with Crippen LogP contribution in [0.15, 0.2) is 97.1 Å². The van der Waals surface area contributed by atoms with Gasteiger partial charge in [-0.05, 0) is 57.3 Å². The van der Waals surface area contributed by atoms with Crippen molar-refractivity contribution in [2.75, 3.05) is 0 Å². The number of hydrogen-bond donors (Lipinski definition) is 0. The molecule has 0 nitrogen and oxygen atoms in total. The molecule has 4 aromatic rings. The summed E-state index contributed by atoms with van der Waals surface area (Å²) in [6.07, 6.45) is 2.13. The van der Waals surface area contributed by atoms with Crippen LogP contribution < -0.4 is 0 Å². The zero-order valence-electron chi connectivity index (χ0n) is 17.7. The van der Waals surface area contributed by atoms with Crippen molar-refractivity contribution >= 4 is 0 Å². The van der Waals surface area contributed by atoms with Gasteiger partial charge in [-0.15, -0.1) is 0 Å². The van der Waals surface area contributed by atoms with Crippen molar-refractivity contribution in [3.05, 3.63) is 119 Å². The molecule has 0 aliphatic heterocycles. The van der Waals surface area contributed by atoms with E-state index < -0.39 is 0 Å². The van der Waals surface area contributed by atoms with Crippen LogP contribution in [0.1, 0.15) is 48.9 Å². The van der Waals surface area contributed by atoms with Crippen LogP contribution in [0.4, 0.5) is 0 Å². The summed E-state index contributed by atoms with van der Waals surface area (Å²) in [6.45, 7) is 4.78.